The number of hydrogen-bond donors (Lipinski definition) is 0. The third-order valence-electron chi connectivity index (χ3n) is 12.2. The summed E-state index contributed by atoms with van der Waals surface area (Å²) in [6, 6.07) is 71.0. The highest BCUT2D eigenvalue weighted by molar-refractivity contribution is 6.12. The Bertz CT molecular complexity index is 3370. The SMILES string of the molecule is C1=C(c2ccc3c(c2)c2ccccc2n3-c2ccccc2)CCc2c1c1ccccc1n2-c1ccc(-c2ccc3c(c2)c2ccccc2n3-c2ccccc2)cc1. The maximum atomic E-state index is 2.50. The van der Waals surface area contributed by atoms with E-state index in [4.69, 9.17) is 0 Å². The molecular weight excluding hydrogens is 691 g/mol. The van der Waals surface area contributed by atoms with Gasteiger partial charge in [-0.15, -0.1) is 0 Å². The Balaban J connectivity index is 0.933. The molecule has 1 aliphatic carbocycles. The largest absolute Gasteiger partial charge is 0.313 e. The molecule has 3 nitrogen and oxygen atoms in total. The molecule has 0 saturated carbocycles. The van der Waals surface area contributed by atoms with Gasteiger partial charge in [0, 0.05) is 55.3 Å². The average molecular weight is 728 g/mol. The molecule has 3 heterocycles. The van der Waals surface area contributed by atoms with Crippen LogP contribution >= 0.6 is 0 Å². The van der Waals surface area contributed by atoms with Gasteiger partial charge in [-0.1, -0.05) is 115 Å². The highest BCUT2D eigenvalue weighted by Gasteiger charge is 2.23. The molecular formula is C54H37N3. The Hall–Kier alpha value is -7.36. The Kier molecular flexibility index (Phi) is 7.05. The predicted octanol–water partition coefficient (Wildman–Crippen LogP) is 14.0. The highest BCUT2D eigenvalue weighted by Crippen LogP contribution is 2.41. The Morgan fingerprint density at radius 2 is 0.737 bits per heavy atom. The predicted molar refractivity (Wildman–Crippen MR) is 240 cm³/mol. The zero-order chi connectivity index (χ0) is 37.5. The molecule has 0 radical (unpaired) electrons. The van der Waals surface area contributed by atoms with Crippen molar-refractivity contribution in [3.8, 4) is 28.2 Å². The van der Waals surface area contributed by atoms with Crippen molar-refractivity contribution in [1.82, 2.24) is 13.7 Å². The lowest BCUT2D eigenvalue weighted by Crippen LogP contribution is -2.05. The lowest BCUT2D eigenvalue weighted by atomic mass is 9.90. The molecule has 0 N–H and O–H groups in total. The smallest absolute Gasteiger partial charge is 0.0541 e. The van der Waals surface area contributed by atoms with E-state index < -0.39 is 0 Å². The van der Waals surface area contributed by atoms with Gasteiger partial charge in [0.05, 0.1) is 27.6 Å². The van der Waals surface area contributed by atoms with E-state index in [0.29, 0.717) is 0 Å². The molecule has 0 spiro atoms. The van der Waals surface area contributed by atoms with Gasteiger partial charge in [0.25, 0.3) is 0 Å². The number of allylic oxidation sites excluding steroid dienone is 1. The number of benzene rings is 8. The van der Waals surface area contributed by atoms with Gasteiger partial charge < -0.3 is 13.7 Å². The van der Waals surface area contributed by atoms with Crippen LogP contribution in [0.3, 0.4) is 0 Å². The molecule has 0 saturated heterocycles. The fourth-order valence-corrected chi connectivity index (χ4v) is 9.59. The van der Waals surface area contributed by atoms with Crippen molar-refractivity contribution in [3.63, 3.8) is 0 Å². The number of rotatable bonds is 5. The summed E-state index contributed by atoms with van der Waals surface area (Å²) in [4.78, 5) is 0. The molecule has 268 valence electrons. The first-order valence-corrected chi connectivity index (χ1v) is 19.9. The second kappa shape index (κ2) is 12.6. The van der Waals surface area contributed by atoms with Crippen LogP contribution in [0, 0.1) is 0 Å². The Labute approximate surface area is 330 Å². The molecule has 0 aliphatic heterocycles. The number of aromatic nitrogens is 3. The summed E-state index contributed by atoms with van der Waals surface area (Å²) in [7, 11) is 0. The van der Waals surface area contributed by atoms with E-state index in [1.165, 1.54) is 105 Å². The van der Waals surface area contributed by atoms with E-state index in [1.807, 2.05) is 0 Å². The van der Waals surface area contributed by atoms with Crippen molar-refractivity contribution in [2.24, 2.45) is 0 Å². The second-order valence-corrected chi connectivity index (χ2v) is 15.3. The van der Waals surface area contributed by atoms with Crippen LogP contribution in [-0.2, 0) is 6.42 Å². The van der Waals surface area contributed by atoms with E-state index in [-0.39, 0.29) is 0 Å². The van der Waals surface area contributed by atoms with E-state index in [0.717, 1.165) is 12.8 Å². The van der Waals surface area contributed by atoms with Gasteiger partial charge >= 0.3 is 0 Å². The van der Waals surface area contributed by atoms with Gasteiger partial charge in [-0.25, -0.2) is 0 Å². The maximum Gasteiger partial charge on any atom is 0.0541 e. The van der Waals surface area contributed by atoms with Crippen molar-refractivity contribution in [2.75, 3.05) is 0 Å². The minimum atomic E-state index is 0.976. The number of fused-ring (bicyclic) bond motifs is 9. The maximum absolute atomic E-state index is 2.50. The number of hydrogen-bond acceptors (Lipinski definition) is 0. The summed E-state index contributed by atoms with van der Waals surface area (Å²) in [5, 5.41) is 6.42. The summed E-state index contributed by atoms with van der Waals surface area (Å²) >= 11 is 0. The van der Waals surface area contributed by atoms with Crippen molar-refractivity contribution in [1.29, 1.82) is 0 Å². The first-order valence-electron chi connectivity index (χ1n) is 19.9. The first-order chi connectivity index (χ1) is 28.3. The van der Waals surface area contributed by atoms with E-state index in [1.54, 1.807) is 0 Å². The highest BCUT2D eigenvalue weighted by atomic mass is 15.0. The quantitative estimate of drug-likeness (QED) is 0.168. The molecule has 3 heteroatoms. The van der Waals surface area contributed by atoms with Crippen LogP contribution in [0.4, 0.5) is 0 Å². The zero-order valence-electron chi connectivity index (χ0n) is 31.3. The molecule has 0 fully saturated rings. The normalized spacial score (nSPS) is 12.9. The zero-order valence-corrected chi connectivity index (χ0v) is 31.3. The lowest BCUT2D eigenvalue weighted by molar-refractivity contribution is 0.898. The van der Waals surface area contributed by atoms with Crippen LogP contribution in [0.25, 0.3) is 94.4 Å². The van der Waals surface area contributed by atoms with Gasteiger partial charge in [0.1, 0.15) is 0 Å². The molecule has 11 aromatic rings. The summed E-state index contributed by atoms with van der Waals surface area (Å²) in [5.41, 5.74) is 17.6. The Morgan fingerprint density at radius 3 is 1.33 bits per heavy atom. The lowest BCUT2D eigenvalue weighted by Gasteiger charge is -2.18. The molecule has 3 aromatic heterocycles. The van der Waals surface area contributed by atoms with Crippen LogP contribution in [0.1, 0.15) is 23.2 Å². The minimum absolute atomic E-state index is 0.976. The average Bonchev–Trinajstić information content (AvgIpc) is 3.92. The molecule has 0 amide bonds. The van der Waals surface area contributed by atoms with Crippen molar-refractivity contribution in [2.45, 2.75) is 12.8 Å². The van der Waals surface area contributed by atoms with Gasteiger partial charge in [-0.3, -0.25) is 0 Å². The summed E-state index contributed by atoms with van der Waals surface area (Å²) in [6.07, 6.45) is 4.43. The fourth-order valence-electron chi connectivity index (χ4n) is 9.59. The monoisotopic (exact) mass is 727 g/mol. The van der Waals surface area contributed by atoms with Gasteiger partial charge in [-0.05, 0) is 120 Å². The molecule has 12 rings (SSSR count). The minimum Gasteiger partial charge on any atom is -0.313 e. The fraction of sp³-hybridized carbons (Fsp3) is 0.0370. The molecule has 57 heavy (non-hydrogen) atoms. The van der Waals surface area contributed by atoms with Crippen molar-refractivity contribution < 1.29 is 0 Å². The molecule has 0 unspecified atom stereocenters. The van der Waals surface area contributed by atoms with Crippen LogP contribution in [0.5, 0.6) is 0 Å². The third kappa shape index (κ3) is 4.92. The molecule has 0 atom stereocenters. The summed E-state index contributed by atoms with van der Waals surface area (Å²) in [6.45, 7) is 0. The van der Waals surface area contributed by atoms with E-state index in [2.05, 4.69) is 214 Å². The third-order valence-corrected chi connectivity index (χ3v) is 12.2. The second-order valence-electron chi connectivity index (χ2n) is 15.3. The Morgan fingerprint density at radius 1 is 0.298 bits per heavy atom. The van der Waals surface area contributed by atoms with Crippen molar-refractivity contribution >= 4 is 66.2 Å². The topological polar surface area (TPSA) is 14.8 Å². The van der Waals surface area contributed by atoms with Gasteiger partial charge in [0.2, 0.25) is 0 Å². The number of nitrogens with zero attached hydrogens (tertiary/aromatic N) is 3. The number of para-hydroxylation sites is 5. The summed E-state index contributed by atoms with van der Waals surface area (Å²) < 4.78 is 7.26. The van der Waals surface area contributed by atoms with Crippen LogP contribution < -0.4 is 0 Å². The first kappa shape index (κ1) is 31.9. The van der Waals surface area contributed by atoms with Crippen molar-refractivity contribution in [3.05, 3.63) is 211 Å². The molecule has 0 bridgehead atoms. The van der Waals surface area contributed by atoms with Crippen LogP contribution in [-0.4, -0.2) is 13.7 Å². The van der Waals surface area contributed by atoms with E-state index >= 15 is 0 Å². The molecule has 8 aromatic carbocycles. The van der Waals surface area contributed by atoms with E-state index in [9.17, 15) is 0 Å². The molecule has 1 aliphatic rings. The standard InChI is InChI=1S/C54H37N3/c1-3-13-40(14-4-1)55-49-20-10-7-17-43(49)46-33-37(25-30-52(46)55)36-23-28-42(29-24-36)57-51-22-12-9-19-45(51)48-35-39(27-32-54(48)57)38-26-31-53-47(34-38)44-18-8-11-21-50(44)56(53)41-15-5-2-6-16-41/h1-26,28-31,33-35H,27,32H2. The summed E-state index contributed by atoms with van der Waals surface area (Å²) in [5.74, 6) is 0. The van der Waals surface area contributed by atoms with Gasteiger partial charge in [0.15, 0.2) is 0 Å². The van der Waals surface area contributed by atoms with Crippen LogP contribution in [0.2, 0.25) is 0 Å². The van der Waals surface area contributed by atoms with Gasteiger partial charge in [-0.2, -0.15) is 0 Å². The van der Waals surface area contributed by atoms with Crippen LogP contribution in [0.15, 0.2) is 194 Å².